The van der Waals surface area contributed by atoms with Crippen molar-refractivity contribution in [2.75, 3.05) is 45.9 Å². The largest absolute Gasteiger partial charge is 0.379 e. The lowest BCUT2D eigenvalue weighted by molar-refractivity contribution is 0.0224. The third-order valence-electron chi connectivity index (χ3n) is 5.39. The van der Waals surface area contributed by atoms with E-state index in [2.05, 4.69) is 14.9 Å². The van der Waals surface area contributed by atoms with Gasteiger partial charge in [-0.1, -0.05) is 12.1 Å². The first-order valence-electron chi connectivity index (χ1n) is 9.75. The Kier molecular flexibility index (Phi) is 5.75. The highest BCUT2D eigenvalue weighted by molar-refractivity contribution is 5.95. The number of amides is 1. The van der Waals surface area contributed by atoms with E-state index in [0.717, 1.165) is 69.2 Å². The molecular formula is C21H26N4O2. The Labute approximate surface area is 160 Å². The monoisotopic (exact) mass is 366 g/mol. The molecule has 6 nitrogen and oxygen atoms in total. The van der Waals surface area contributed by atoms with Gasteiger partial charge in [0.15, 0.2) is 0 Å². The van der Waals surface area contributed by atoms with Crippen molar-refractivity contribution in [3.63, 3.8) is 0 Å². The van der Waals surface area contributed by atoms with Crippen molar-refractivity contribution in [3.8, 4) is 11.3 Å². The first-order chi connectivity index (χ1) is 13.3. The second-order valence-electron chi connectivity index (χ2n) is 7.34. The first kappa shape index (κ1) is 18.1. The van der Waals surface area contributed by atoms with E-state index in [1.54, 1.807) is 18.6 Å². The summed E-state index contributed by atoms with van der Waals surface area (Å²) in [6.45, 7) is 6.40. The number of rotatable bonds is 4. The van der Waals surface area contributed by atoms with Crippen LogP contribution < -0.4 is 0 Å². The summed E-state index contributed by atoms with van der Waals surface area (Å²) < 4.78 is 5.44. The van der Waals surface area contributed by atoms with Gasteiger partial charge in [-0.3, -0.25) is 19.7 Å². The predicted octanol–water partition coefficient (Wildman–Crippen LogP) is 2.33. The molecule has 1 aromatic heterocycles. The number of aromatic nitrogens is 2. The lowest BCUT2D eigenvalue weighted by Crippen LogP contribution is -2.46. The molecule has 27 heavy (non-hydrogen) atoms. The highest BCUT2D eigenvalue weighted by Gasteiger charge is 2.26. The van der Waals surface area contributed by atoms with Crippen molar-refractivity contribution in [2.45, 2.75) is 12.8 Å². The fourth-order valence-electron chi connectivity index (χ4n) is 3.99. The minimum Gasteiger partial charge on any atom is -0.379 e. The van der Waals surface area contributed by atoms with Gasteiger partial charge in [0.1, 0.15) is 0 Å². The molecule has 0 N–H and O–H groups in total. The first-order valence-corrected chi connectivity index (χ1v) is 9.75. The highest BCUT2D eigenvalue weighted by atomic mass is 16.5. The van der Waals surface area contributed by atoms with Gasteiger partial charge in [-0.25, -0.2) is 0 Å². The summed E-state index contributed by atoms with van der Waals surface area (Å²) in [7, 11) is 0. The van der Waals surface area contributed by atoms with Gasteiger partial charge in [0, 0.05) is 56.2 Å². The van der Waals surface area contributed by atoms with E-state index < -0.39 is 0 Å². The van der Waals surface area contributed by atoms with E-state index in [1.165, 1.54) is 6.42 Å². The van der Waals surface area contributed by atoms with Gasteiger partial charge in [-0.15, -0.1) is 0 Å². The molecule has 0 saturated carbocycles. The fourth-order valence-corrected chi connectivity index (χ4v) is 3.99. The zero-order valence-electron chi connectivity index (χ0n) is 15.6. The molecule has 2 aliphatic rings. The van der Waals surface area contributed by atoms with E-state index in [9.17, 15) is 4.79 Å². The number of benzene rings is 1. The molecule has 6 heteroatoms. The maximum atomic E-state index is 13.1. The van der Waals surface area contributed by atoms with Crippen LogP contribution in [-0.4, -0.2) is 71.6 Å². The highest BCUT2D eigenvalue weighted by Crippen LogP contribution is 2.22. The van der Waals surface area contributed by atoms with Crippen molar-refractivity contribution >= 4 is 5.91 Å². The maximum absolute atomic E-state index is 13.1. The third-order valence-corrected chi connectivity index (χ3v) is 5.39. The molecule has 4 rings (SSSR count). The number of morpholine rings is 1. The average molecular weight is 366 g/mol. The number of hydrogen-bond acceptors (Lipinski definition) is 5. The number of hydrogen-bond donors (Lipinski definition) is 0. The lowest BCUT2D eigenvalue weighted by Gasteiger charge is -2.36. The van der Waals surface area contributed by atoms with Crippen LogP contribution in [0.4, 0.5) is 0 Å². The molecule has 3 heterocycles. The van der Waals surface area contributed by atoms with Crippen LogP contribution in [0.25, 0.3) is 11.3 Å². The summed E-state index contributed by atoms with van der Waals surface area (Å²) in [5, 5.41) is 0. The minimum atomic E-state index is 0.118. The summed E-state index contributed by atoms with van der Waals surface area (Å²) in [6, 6.07) is 7.72. The molecule has 2 aromatic rings. The van der Waals surface area contributed by atoms with Crippen LogP contribution in [0.15, 0.2) is 42.9 Å². The normalized spacial score (nSPS) is 21.2. The molecule has 2 fully saturated rings. The second-order valence-corrected chi connectivity index (χ2v) is 7.34. The van der Waals surface area contributed by atoms with Crippen LogP contribution in [0, 0.1) is 5.92 Å². The molecule has 0 radical (unpaired) electrons. The smallest absolute Gasteiger partial charge is 0.253 e. The van der Waals surface area contributed by atoms with Gasteiger partial charge in [0.05, 0.1) is 25.1 Å². The molecular weight excluding hydrogens is 340 g/mol. The molecule has 1 aromatic carbocycles. The van der Waals surface area contributed by atoms with Gasteiger partial charge in [0.2, 0.25) is 0 Å². The van der Waals surface area contributed by atoms with Crippen LogP contribution in [0.1, 0.15) is 23.2 Å². The fraction of sp³-hybridized carbons (Fsp3) is 0.476. The number of carbonyl (C=O) groups is 1. The SMILES string of the molecule is O=C(c1cccc(-c2cnccn2)c1)N1CCC[C@H](CN2CCOCC2)C1. The summed E-state index contributed by atoms with van der Waals surface area (Å²) >= 11 is 0. The Morgan fingerprint density at radius 1 is 1.19 bits per heavy atom. The van der Waals surface area contributed by atoms with Crippen molar-refractivity contribution in [1.82, 2.24) is 19.8 Å². The third kappa shape index (κ3) is 4.51. The van der Waals surface area contributed by atoms with Gasteiger partial charge < -0.3 is 9.64 Å². The number of ether oxygens (including phenoxy) is 1. The molecule has 0 unspecified atom stereocenters. The van der Waals surface area contributed by atoms with E-state index in [4.69, 9.17) is 4.74 Å². The van der Waals surface area contributed by atoms with Crippen LogP contribution in [0.3, 0.4) is 0 Å². The average Bonchev–Trinajstić information content (AvgIpc) is 2.75. The van der Waals surface area contributed by atoms with Crippen molar-refractivity contribution in [1.29, 1.82) is 0 Å². The Bertz CT molecular complexity index is 762. The summed E-state index contributed by atoms with van der Waals surface area (Å²) in [5.41, 5.74) is 2.44. The van der Waals surface area contributed by atoms with Crippen LogP contribution in [0.2, 0.25) is 0 Å². The zero-order chi connectivity index (χ0) is 18.5. The Morgan fingerprint density at radius 3 is 2.89 bits per heavy atom. The minimum absolute atomic E-state index is 0.118. The number of piperidine rings is 1. The lowest BCUT2D eigenvalue weighted by atomic mass is 9.96. The summed E-state index contributed by atoms with van der Waals surface area (Å²) in [6.07, 6.45) is 7.32. The van der Waals surface area contributed by atoms with E-state index in [1.807, 2.05) is 29.2 Å². The van der Waals surface area contributed by atoms with Gasteiger partial charge in [-0.2, -0.15) is 0 Å². The van der Waals surface area contributed by atoms with Gasteiger partial charge >= 0.3 is 0 Å². The Balaban J connectivity index is 1.43. The van der Waals surface area contributed by atoms with Crippen molar-refractivity contribution in [2.24, 2.45) is 5.92 Å². The van der Waals surface area contributed by atoms with Crippen LogP contribution in [-0.2, 0) is 4.74 Å². The molecule has 142 valence electrons. The Hall–Kier alpha value is -2.31. The van der Waals surface area contributed by atoms with E-state index >= 15 is 0 Å². The van der Waals surface area contributed by atoms with Crippen molar-refractivity contribution in [3.05, 3.63) is 48.4 Å². The molecule has 1 atom stereocenters. The zero-order valence-corrected chi connectivity index (χ0v) is 15.6. The quantitative estimate of drug-likeness (QED) is 0.831. The van der Waals surface area contributed by atoms with Crippen LogP contribution in [0.5, 0.6) is 0 Å². The number of carbonyl (C=O) groups excluding carboxylic acids is 1. The standard InChI is InChI=1S/C21H26N4O2/c26-21(19-5-1-4-18(13-19)20-14-22-6-7-23-20)25-8-2-3-17(16-25)15-24-9-11-27-12-10-24/h1,4-7,13-14,17H,2-3,8-12,15-16H2/t17-/m1/s1. The van der Waals surface area contributed by atoms with Crippen molar-refractivity contribution < 1.29 is 9.53 Å². The Morgan fingerprint density at radius 2 is 2.07 bits per heavy atom. The summed E-state index contributed by atoms with van der Waals surface area (Å²) in [5.74, 6) is 0.663. The molecule has 2 saturated heterocycles. The molecule has 2 aliphatic heterocycles. The topological polar surface area (TPSA) is 58.6 Å². The van der Waals surface area contributed by atoms with Gasteiger partial charge in [0.25, 0.3) is 5.91 Å². The maximum Gasteiger partial charge on any atom is 0.253 e. The molecule has 0 aliphatic carbocycles. The van der Waals surface area contributed by atoms with Gasteiger partial charge in [-0.05, 0) is 30.9 Å². The molecule has 0 spiro atoms. The van der Waals surface area contributed by atoms with E-state index in [0.29, 0.717) is 5.92 Å². The predicted molar refractivity (Wildman–Crippen MR) is 103 cm³/mol. The number of likely N-dealkylation sites (tertiary alicyclic amines) is 1. The molecule has 1 amide bonds. The van der Waals surface area contributed by atoms with E-state index in [-0.39, 0.29) is 5.91 Å². The van der Waals surface area contributed by atoms with Crippen LogP contribution >= 0.6 is 0 Å². The molecule has 0 bridgehead atoms. The number of nitrogens with zero attached hydrogens (tertiary/aromatic N) is 4. The summed E-state index contributed by atoms with van der Waals surface area (Å²) in [4.78, 5) is 26.0. The second kappa shape index (κ2) is 8.59.